The van der Waals surface area contributed by atoms with Gasteiger partial charge >= 0.3 is 0 Å². The maximum atomic E-state index is 4.32. The molecule has 1 aromatic heterocycles. The van der Waals surface area contributed by atoms with Crippen LogP contribution in [0.4, 0.5) is 5.95 Å². The van der Waals surface area contributed by atoms with Gasteiger partial charge in [0.05, 0.1) is 0 Å². The predicted molar refractivity (Wildman–Crippen MR) is 83.0 cm³/mol. The van der Waals surface area contributed by atoms with E-state index in [1.165, 1.54) is 13.0 Å². The maximum Gasteiger partial charge on any atom is 0.225 e. The van der Waals surface area contributed by atoms with Crippen LogP contribution in [0, 0.1) is 5.92 Å². The first-order valence-electron chi connectivity index (χ1n) is 7.74. The number of hydrogen-bond acceptors (Lipinski definition) is 5. The molecule has 0 spiro atoms. The molecule has 1 aromatic rings. The topological polar surface area (TPSA) is 44.3 Å². The van der Waals surface area contributed by atoms with Gasteiger partial charge in [0.1, 0.15) is 0 Å². The number of aromatic nitrogens is 2. The van der Waals surface area contributed by atoms with E-state index in [4.69, 9.17) is 0 Å². The molecule has 1 fully saturated rings. The van der Waals surface area contributed by atoms with E-state index in [0.29, 0.717) is 5.92 Å². The van der Waals surface area contributed by atoms with Crippen molar-refractivity contribution in [2.45, 2.75) is 20.3 Å². The minimum Gasteiger partial charge on any atom is -0.338 e. The van der Waals surface area contributed by atoms with Gasteiger partial charge in [-0.25, -0.2) is 9.97 Å². The van der Waals surface area contributed by atoms with Crippen molar-refractivity contribution in [3.8, 4) is 0 Å². The Balaban J connectivity index is 1.69. The van der Waals surface area contributed by atoms with E-state index in [1.54, 1.807) is 0 Å². The number of piperazine rings is 1. The summed E-state index contributed by atoms with van der Waals surface area (Å²) in [6.07, 6.45) is 4.84. The van der Waals surface area contributed by atoms with Crippen LogP contribution in [-0.2, 0) is 0 Å². The Bertz CT molecular complexity index is 362. The second kappa shape index (κ2) is 8.17. The van der Waals surface area contributed by atoms with Gasteiger partial charge in [-0.15, -0.1) is 0 Å². The Morgan fingerprint density at radius 2 is 1.90 bits per heavy atom. The first kappa shape index (κ1) is 15.2. The van der Waals surface area contributed by atoms with Crippen LogP contribution in [0.15, 0.2) is 18.5 Å². The summed E-state index contributed by atoms with van der Waals surface area (Å²) in [6, 6.07) is 1.87. The molecule has 1 aliphatic heterocycles. The van der Waals surface area contributed by atoms with Crippen LogP contribution in [0.3, 0.4) is 0 Å². The Kier molecular flexibility index (Phi) is 6.21. The van der Waals surface area contributed by atoms with Crippen LogP contribution in [0.5, 0.6) is 0 Å². The highest BCUT2D eigenvalue weighted by atomic mass is 15.3. The molecule has 2 heterocycles. The number of anilines is 1. The molecule has 0 bridgehead atoms. The van der Waals surface area contributed by atoms with E-state index in [0.717, 1.165) is 45.2 Å². The van der Waals surface area contributed by atoms with E-state index in [9.17, 15) is 0 Å². The SMILES string of the molecule is CCCNCC(C)CN1CCN(c2ncccn2)CC1. The quantitative estimate of drug-likeness (QED) is 0.760. The molecule has 0 aromatic carbocycles. The van der Waals surface area contributed by atoms with Gasteiger partial charge in [0, 0.05) is 45.1 Å². The number of rotatable bonds is 7. The van der Waals surface area contributed by atoms with Crippen LogP contribution in [-0.4, -0.2) is 60.7 Å². The third-order valence-corrected chi connectivity index (χ3v) is 3.70. The molecule has 112 valence electrons. The van der Waals surface area contributed by atoms with Crippen molar-refractivity contribution in [3.63, 3.8) is 0 Å². The highest BCUT2D eigenvalue weighted by molar-refractivity contribution is 5.29. The van der Waals surface area contributed by atoms with Crippen molar-refractivity contribution in [1.82, 2.24) is 20.2 Å². The van der Waals surface area contributed by atoms with E-state index in [-0.39, 0.29) is 0 Å². The van der Waals surface area contributed by atoms with Crippen LogP contribution in [0.1, 0.15) is 20.3 Å². The predicted octanol–water partition coefficient (Wildman–Crippen LogP) is 1.23. The van der Waals surface area contributed by atoms with Gasteiger partial charge in [-0.3, -0.25) is 4.90 Å². The van der Waals surface area contributed by atoms with Crippen molar-refractivity contribution in [1.29, 1.82) is 0 Å². The Labute approximate surface area is 122 Å². The molecule has 1 saturated heterocycles. The number of nitrogens with one attached hydrogen (secondary N) is 1. The molecule has 0 aliphatic carbocycles. The highest BCUT2D eigenvalue weighted by Gasteiger charge is 2.19. The van der Waals surface area contributed by atoms with Gasteiger partial charge in [0.2, 0.25) is 5.95 Å². The Hall–Kier alpha value is -1.20. The molecule has 0 amide bonds. The summed E-state index contributed by atoms with van der Waals surface area (Å²) in [7, 11) is 0. The lowest BCUT2D eigenvalue weighted by molar-refractivity contribution is 0.222. The number of nitrogens with zero attached hydrogens (tertiary/aromatic N) is 4. The fourth-order valence-corrected chi connectivity index (χ4v) is 2.62. The molecule has 0 saturated carbocycles. The van der Waals surface area contributed by atoms with Gasteiger partial charge < -0.3 is 10.2 Å². The van der Waals surface area contributed by atoms with Crippen molar-refractivity contribution in [3.05, 3.63) is 18.5 Å². The smallest absolute Gasteiger partial charge is 0.225 e. The van der Waals surface area contributed by atoms with E-state index in [1.807, 2.05) is 18.5 Å². The normalized spacial score (nSPS) is 18.2. The molecule has 1 N–H and O–H groups in total. The summed E-state index contributed by atoms with van der Waals surface area (Å²) < 4.78 is 0. The van der Waals surface area contributed by atoms with Crippen LogP contribution in [0.2, 0.25) is 0 Å². The molecule has 5 heteroatoms. The second-order valence-corrected chi connectivity index (χ2v) is 5.65. The fraction of sp³-hybridized carbons (Fsp3) is 0.733. The van der Waals surface area contributed by atoms with Crippen LogP contribution in [0.25, 0.3) is 0 Å². The lowest BCUT2D eigenvalue weighted by atomic mass is 10.1. The summed E-state index contributed by atoms with van der Waals surface area (Å²) in [6.45, 7) is 12.2. The van der Waals surface area contributed by atoms with Crippen molar-refractivity contribution in [2.75, 3.05) is 50.7 Å². The first-order valence-corrected chi connectivity index (χ1v) is 7.74. The monoisotopic (exact) mass is 277 g/mol. The second-order valence-electron chi connectivity index (χ2n) is 5.65. The van der Waals surface area contributed by atoms with Gasteiger partial charge in [-0.05, 0) is 31.5 Å². The lowest BCUT2D eigenvalue weighted by Crippen LogP contribution is -2.48. The average Bonchev–Trinajstić information content (AvgIpc) is 2.49. The van der Waals surface area contributed by atoms with E-state index >= 15 is 0 Å². The lowest BCUT2D eigenvalue weighted by Gasteiger charge is -2.35. The summed E-state index contributed by atoms with van der Waals surface area (Å²) in [5, 5.41) is 3.50. The molecular formula is C15H27N5. The van der Waals surface area contributed by atoms with Crippen molar-refractivity contribution < 1.29 is 0 Å². The minimum absolute atomic E-state index is 0.709. The molecule has 0 radical (unpaired) electrons. The summed E-state index contributed by atoms with van der Waals surface area (Å²) in [5.41, 5.74) is 0. The Morgan fingerprint density at radius 3 is 2.55 bits per heavy atom. The van der Waals surface area contributed by atoms with E-state index in [2.05, 4.69) is 38.9 Å². The third-order valence-electron chi connectivity index (χ3n) is 3.70. The third kappa shape index (κ3) is 4.72. The standard InChI is InChI=1S/C15H27N5/c1-3-5-16-12-14(2)13-19-8-10-20(11-9-19)15-17-6-4-7-18-15/h4,6-7,14,16H,3,5,8-13H2,1-2H3. The average molecular weight is 277 g/mol. The van der Waals surface area contributed by atoms with Gasteiger partial charge in [0.15, 0.2) is 0 Å². The van der Waals surface area contributed by atoms with E-state index < -0.39 is 0 Å². The molecule has 1 atom stereocenters. The minimum atomic E-state index is 0.709. The van der Waals surface area contributed by atoms with Gasteiger partial charge in [0.25, 0.3) is 0 Å². The van der Waals surface area contributed by atoms with Crippen LogP contribution >= 0.6 is 0 Å². The van der Waals surface area contributed by atoms with Crippen molar-refractivity contribution >= 4 is 5.95 Å². The molecular weight excluding hydrogens is 250 g/mol. The maximum absolute atomic E-state index is 4.32. The molecule has 20 heavy (non-hydrogen) atoms. The largest absolute Gasteiger partial charge is 0.338 e. The zero-order valence-corrected chi connectivity index (χ0v) is 12.8. The van der Waals surface area contributed by atoms with Gasteiger partial charge in [-0.2, -0.15) is 0 Å². The van der Waals surface area contributed by atoms with Crippen LogP contribution < -0.4 is 10.2 Å². The number of hydrogen-bond donors (Lipinski definition) is 1. The summed E-state index contributed by atoms with van der Waals surface area (Å²) >= 11 is 0. The Morgan fingerprint density at radius 1 is 1.20 bits per heavy atom. The fourth-order valence-electron chi connectivity index (χ4n) is 2.62. The summed E-state index contributed by atoms with van der Waals surface area (Å²) in [5.74, 6) is 1.57. The zero-order valence-electron chi connectivity index (χ0n) is 12.8. The highest BCUT2D eigenvalue weighted by Crippen LogP contribution is 2.10. The van der Waals surface area contributed by atoms with Crippen molar-refractivity contribution in [2.24, 2.45) is 5.92 Å². The molecule has 1 aliphatic rings. The zero-order chi connectivity index (χ0) is 14.2. The molecule has 2 rings (SSSR count). The summed E-state index contributed by atoms with van der Waals surface area (Å²) in [4.78, 5) is 13.5. The first-order chi connectivity index (χ1) is 9.79. The van der Waals surface area contributed by atoms with Gasteiger partial charge in [-0.1, -0.05) is 13.8 Å². The molecule has 1 unspecified atom stereocenters. The molecule has 5 nitrogen and oxygen atoms in total.